The van der Waals surface area contributed by atoms with Crippen molar-refractivity contribution in [2.45, 2.75) is 18.9 Å². The van der Waals surface area contributed by atoms with Gasteiger partial charge in [-0.15, -0.1) is 0 Å². The molecule has 3 nitrogen and oxygen atoms in total. The Morgan fingerprint density at radius 3 is 2.94 bits per heavy atom. The predicted octanol–water partition coefficient (Wildman–Crippen LogP) is 1.44. The molecule has 4 heteroatoms. The Morgan fingerprint density at radius 1 is 1.50 bits per heavy atom. The molecule has 1 heterocycles. The summed E-state index contributed by atoms with van der Waals surface area (Å²) in [7, 11) is 0. The maximum Gasteiger partial charge on any atom is 0.224 e. The van der Waals surface area contributed by atoms with E-state index in [1.165, 1.54) is 0 Å². The van der Waals surface area contributed by atoms with Gasteiger partial charge in [-0.25, -0.2) is 0 Å². The molecule has 86 valence electrons. The highest BCUT2D eigenvalue weighted by molar-refractivity contribution is 6.30. The maximum atomic E-state index is 11.5. The van der Waals surface area contributed by atoms with Crippen molar-refractivity contribution in [3.05, 3.63) is 34.9 Å². The highest BCUT2D eigenvalue weighted by Crippen LogP contribution is 2.13. The number of hydrogen-bond donors (Lipinski definition) is 1. The largest absolute Gasteiger partial charge is 0.341 e. The first-order valence-electron chi connectivity index (χ1n) is 5.43. The molecule has 0 aliphatic carbocycles. The number of halogens is 1. The van der Waals surface area contributed by atoms with Crippen molar-refractivity contribution in [2.24, 2.45) is 5.73 Å². The van der Waals surface area contributed by atoms with Crippen LogP contribution >= 0.6 is 11.6 Å². The van der Waals surface area contributed by atoms with E-state index in [-0.39, 0.29) is 11.9 Å². The van der Waals surface area contributed by atoms with Crippen LogP contribution in [-0.4, -0.2) is 29.9 Å². The lowest BCUT2D eigenvalue weighted by molar-refractivity contribution is -0.127. The van der Waals surface area contributed by atoms with E-state index >= 15 is 0 Å². The topological polar surface area (TPSA) is 46.3 Å². The first-order valence-corrected chi connectivity index (χ1v) is 5.81. The van der Waals surface area contributed by atoms with Crippen LogP contribution in [0.4, 0.5) is 0 Å². The van der Waals surface area contributed by atoms with E-state index in [1.807, 2.05) is 29.2 Å². The number of carbonyl (C=O) groups is 1. The molecular formula is C12H15ClN2O. The zero-order chi connectivity index (χ0) is 11.5. The van der Waals surface area contributed by atoms with Crippen molar-refractivity contribution >= 4 is 17.5 Å². The van der Waals surface area contributed by atoms with Gasteiger partial charge in [0.05, 0.1) is 0 Å². The lowest BCUT2D eigenvalue weighted by Gasteiger charge is -2.15. The minimum absolute atomic E-state index is 0.00635. The average molecular weight is 239 g/mol. The van der Waals surface area contributed by atoms with E-state index in [4.69, 9.17) is 17.3 Å². The van der Waals surface area contributed by atoms with Crippen molar-refractivity contribution in [3.8, 4) is 0 Å². The van der Waals surface area contributed by atoms with Crippen molar-refractivity contribution in [2.75, 3.05) is 13.1 Å². The Morgan fingerprint density at radius 2 is 2.31 bits per heavy atom. The lowest BCUT2D eigenvalue weighted by atomic mass is 10.1. The maximum absolute atomic E-state index is 11.5. The third-order valence-electron chi connectivity index (χ3n) is 2.80. The Kier molecular flexibility index (Phi) is 3.46. The molecule has 1 fully saturated rings. The second-order valence-corrected chi connectivity index (χ2v) is 4.62. The zero-order valence-corrected chi connectivity index (χ0v) is 9.78. The summed E-state index contributed by atoms with van der Waals surface area (Å²) in [6.07, 6.45) is 1.31. The third kappa shape index (κ3) is 2.74. The summed E-state index contributed by atoms with van der Waals surface area (Å²) in [6, 6.07) is 7.73. The molecule has 16 heavy (non-hydrogen) atoms. The number of rotatable bonds is 3. The summed E-state index contributed by atoms with van der Waals surface area (Å²) < 4.78 is 0. The average Bonchev–Trinajstić information content (AvgIpc) is 2.54. The van der Waals surface area contributed by atoms with Gasteiger partial charge in [-0.05, 0) is 24.1 Å². The van der Waals surface area contributed by atoms with Crippen molar-refractivity contribution in [1.29, 1.82) is 0 Å². The molecule has 0 radical (unpaired) electrons. The number of carbonyl (C=O) groups excluding carboxylic acids is 1. The van der Waals surface area contributed by atoms with Crippen molar-refractivity contribution in [1.82, 2.24) is 4.90 Å². The molecular weight excluding hydrogens is 224 g/mol. The normalized spacial score (nSPS) is 20.5. The molecule has 1 aliphatic rings. The summed E-state index contributed by atoms with van der Waals surface area (Å²) in [5, 5.41) is 0.738. The Balaban J connectivity index is 1.90. The van der Waals surface area contributed by atoms with Crippen LogP contribution in [0, 0.1) is 0 Å². The van der Waals surface area contributed by atoms with Crippen LogP contribution in [0.15, 0.2) is 24.3 Å². The monoisotopic (exact) mass is 238 g/mol. The highest BCUT2D eigenvalue weighted by atomic mass is 35.5. The molecule has 1 aromatic carbocycles. The fourth-order valence-electron chi connectivity index (χ4n) is 1.98. The minimum Gasteiger partial charge on any atom is -0.341 e. The van der Waals surface area contributed by atoms with Crippen molar-refractivity contribution < 1.29 is 4.79 Å². The van der Waals surface area contributed by atoms with E-state index in [2.05, 4.69) is 0 Å². The first-order chi connectivity index (χ1) is 7.65. The fourth-order valence-corrected chi connectivity index (χ4v) is 2.19. The second-order valence-electron chi connectivity index (χ2n) is 4.18. The van der Waals surface area contributed by atoms with Crippen LogP contribution < -0.4 is 5.73 Å². The number of benzene rings is 1. The van der Waals surface area contributed by atoms with Crippen molar-refractivity contribution in [3.63, 3.8) is 0 Å². The number of amides is 1. The predicted molar refractivity (Wildman–Crippen MR) is 64.3 cm³/mol. The summed E-state index contributed by atoms with van der Waals surface area (Å²) >= 11 is 5.89. The van der Waals surface area contributed by atoms with Gasteiger partial charge in [-0.2, -0.15) is 0 Å². The molecule has 1 atom stereocenters. The number of likely N-dealkylation sites (tertiary alicyclic amines) is 1. The Labute approximate surface area is 100 Å². The van der Waals surface area contributed by atoms with Gasteiger partial charge in [-0.1, -0.05) is 23.7 Å². The zero-order valence-electron chi connectivity index (χ0n) is 9.03. The smallest absolute Gasteiger partial charge is 0.224 e. The van der Waals surface area contributed by atoms with E-state index in [0.29, 0.717) is 13.0 Å². The fraction of sp³-hybridized carbons (Fsp3) is 0.417. The Bertz CT molecular complexity index is 394. The molecule has 2 N–H and O–H groups in total. The molecule has 2 rings (SSSR count). The van der Waals surface area contributed by atoms with Gasteiger partial charge >= 0.3 is 0 Å². The van der Waals surface area contributed by atoms with Gasteiger partial charge in [0.2, 0.25) is 5.91 Å². The number of hydrogen-bond acceptors (Lipinski definition) is 2. The second kappa shape index (κ2) is 4.85. The van der Waals surface area contributed by atoms with Gasteiger partial charge < -0.3 is 10.6 Å². The highest BCUT2D eigenvalue weighted by Gasteiger charge is 2.26. The van der Waals surface area contributed by atoms with Crippen LogP contribution in [-0.2, 0) is 11.2 Å². The van der Waals surface area contributed by atoms with Gasteiger partial charge in [0.25, 0.3) is 0 Å². The molecule has 0 unspecified atom stereocenters. The summed E-state index contributed by atoms with van der Waals surface area (Å²) in [6.45, 7) is 1.41. The Hall–Kier alpha value is -1.06. The third-order valence-corrected chi connectivity index (χ3v) is 3.04. The quantitative estimate of drug-likeness (QED) is 0.866. The van der Waals surface area contributed by atoms with Crippen LogP contribution in [0.1, 0.15) is 12.0 Å². The molecule has 1 saturated heterocycles. The summed E-state index contributed by atoms with van der Waals surface area (Å²) in [5.74, 6) is 0.162. The molecule has 1 aliphatic heterocycles. The van der Waals surface area contributed by atoms with Gasteiger partial charge in [-0.3, -0.25) is 4.79 Å². The van der Waals surface area contributed by atoms with E-state index in [1.54, 1.807) is 0 Å². The molecule has 1 amide bonds. The SMILES string of the molecule is N[C@@H]1CC(=O)N(CCc2cccc(Cl)c2)C1. The number of nitrogens with zero attached hydrogens (tertiary/aromatic N) is 1. The van der Waals surface area contributed by atoms with Crippen LogP contribution in [0.5, 0.6) is 0 Å². The van der Waals surface area contributed by atoms with E-state index < -0.39 is 0 Å². The molecule has 0 aromatic heterocycles. The first kappa shape index (κ1) is 11.4. The molecule has 0 spiro atoms. The molecule has 0 saturated carbocycles. The number of nitrogens with two attached hydrogens (primary N) is 1. The van der Waals surface area contributed by atoms with Crippen LogP contribution in [0.3, 0.4) is 0 Å². The van der Waals surface area contributed by atoms with Gasteiger partial charge in [0.1, 0.15) is 0 Å². The van der Waals surface area contributed by atoms with Gasteiger partial charge in [0.15, 0.2) is 0 Å². The standard InChI is InChI=1S/C12H15ClN2O/c13-10-3-1-2-9(6-10)4-5-15-8-11(14)7-12(15)16/h1-3,6,11H,4-5,7-8,14H2/t11-/m1/s1. The summed E-state index contributed by atoms with van der Waals surface area (Å²) in [4.78, 5) is 13.3. The lowest BCUT2D eigenvalue weighted by Crippen LogP contribution is -2.30. The minimum atomic E-state index is 0.00635. The molecule has 1 aromatic rings. The van der Waals surface area contributed by atoms with E-state index in [0.717, 1.165) is 23.6 Å². The van der Waals surface area contributed by atoms with Gasteiger partial charge in [0, 0.05) is 30.6 Å². The molecule has 0 bridgehead atoms. The van der Waals surface area contributed by atoms with Crippen LogP contribution in [0.25, 0.3) is 0 Å². The summed E-state index contributed by atoms with van der Waals surface area (Å²) in [5.41, 5.74) is 6.88. The van der Waals surface area contributed by atoms with Crippen LogP contribution in [0.2, 0.25) is 5.02 Å². The van der Waals surface area contributed by atoms with E-state index in [9.17, 15) is 4.79 Å².